The molecule has 0 unspecified atom stereocenters. The van der Waals surface area contributed by atoms with Gasteiger partial charge < -0.3 is 0 Å². The highest BCUT2D eigenvalue weighted by molar-refractivity contribution is 6.34. The first-order valence-electron chi connectivity index (χ1n) is 4.48. The average Bonchev–Trinajstić information content (AvgIpc) is 2.30. The standard InChI is InChI=1S/C12H8ClNO.ClH/c13-11-6-7-14-8-10(11)12(15)9-4-2-1-3-5-9;/h1-8H;1H. The van der Waals surface area contributed by atoms with Crippen LogP contribution in [0, 0.1) is 0 Å². The lowest BCUT2D eigenvalue weighted by Gasteiger charge is -2.01. The van der Waals surface area contributed by atoms with Gasteiger partial charge in [-0.15, -0.1) is 12.4 Å². The number of carbonyl (C=O) groups excluding carboxylic acids is 1. The number of halogens is 2. The summed E-state index contributed by atoms with van der Waals surface area (Å²) in [6.07, 6.45) is 3.04. The summed E-state index contributed by atoms with van der Waals surface area (Å²) in [5.74, 6) is -0.103. The Morgan fingerprint density at radius 3 is 2.44 bits per heavy atom. The molecule has 0 spiro atoms. The molecule has 4 heteroatoms. The van der Waals surface area contributed by atoms with E-state index in [-0.39, 0.29) is 18.2 Å². The Hall–Kier alpha value is -1.38. The lowest BCUT2D eigenvalue weighted by Crippen LogP contribution is -2.02. The van der Waals surface area contributed by atoms with Gasteiger partial charge in [-0.25, -0.2) is 0 Å². The third-order valence-corrected chi connectivity index (χ3v) is 2.38. The summed E-state index contributed by atoms with van der Waals surface area (Å²) in [7, 11) is 0. The van der Waals surface area contributed by atoms with E-state index in [0.717, 1.165) is 0 Å². The van der Waals surface area contributed by atoms with Crippen LogP contribution >= 0.6 is 24.0 Å². The highest BCUT2D eigenvalue weighted by atomic mass is 35.5. The Bertz CT molecular complexity index is 485. The number of hydrogen-bond donors (Lipinski definition) is 0. The van der Waals surface area contributed by atoms with Gasteiger partial charge in [0.2, 0.25) is 0 Å². The van der Waals surface area contributed by atoms with E-state index in [1.54, 1.807) is 24.4 Å². The van der Waals surface area contributed by atoms with Crippen molar-refractivity contribution < 1.29 is 4.79 Å². The second-order valence-electron chi connectivity index (χ2n) is 3.05. The first-order chi connectivity index (χ1) is 7.29. The SMILES string of the molecule is Cl.O=C(c1ccccc1)c1cnccc1Cl. The largest absolute Gasteiger partial charge is 0.288 e. The monoisotopic (exact) mass is 253 g/mol. The average molecular weight is 254 g/mol. The zero-order valence-corrected chi connectivity index (χ0v) is 9.83. The summed E-state index contributed by atoms with van der Waals surface area (Å²) >= 11 is 5.91. The van der Waals surface area contributed by atoms with E-state index in [2.05, 4.69) is 4.98 Å². The number of ketones is 1. The number of hydrogen-bond acceptors (Lipinski definition) is 2. The van der Waals surface area contributed by atoms with Crippen molar-refractivity contribution in [2.75, 3.05) is 0 Å². The normalized spacial score (nSPS) is 9.31. The van der Waals surface area contributed by atoms with Crippen molar-refractivity contribution in [3.8, 4) is 0 Å². The number of nitrogens with zero attached hydrogens (tertiary/aromatic N) is 1. The highest BCUT2D eigenvalue weighted by Gasteiger charge is 2.11. The van der Waals surface area contributed by atoms with Gasteiger partial charge in [0, 0.05) is 18.0 Å². The molecule has 1 heterocycles. The Kier molecular flexibility index (Phi) is 4.47. The second kappa shape index (κ2) is 5.64. The van der Waals surface area contributed by atoms with E-state index in [9.17, 15) is 4.79 Å². The zero-order valence-electron chi connectivity index (χ0n) is 8.26. The topological polar surface area (TPSA) is 30.0 Å². The maximum atomic E-state index is 11.9. The Balaban J connectivity index is 0.00000128. The molecule has 1 aromatic carbocycles. The van der Waals surface area contributed by atoms with Crippen LogP contribution in [-0.4, -0.2) is 10.8 Å². The van der Waals surface area contributed by atoms with Gasteiger partial charge in [-0.1, -0.05) is 41.9 Å². The number of aromatic nitrogens is 1. The summed E-state index contributed by atoms with van der Waals surface area (Å²) in [6.45, 7) is 0. The van der Waals surface area contributed by atoms with Crippen LogP contribution in [0.15, 0.2) is 48.8 Å². The first-order valence-corrected chi connectivity index (χ1v) is 4.86. The van der Waals surface area contributed by atoms with Gasteiger partial charge in [0.15, 0.2) is 5.78 Å². The van der Waals surface area contributed by atoms with Crippen molar-refractivity contribution >= 4 is 29.8 Å². The van der Waals surface area contributed by atoms with Crippen molar-refractivity contribution in [1.82, 2.24) is 4.98 Å². The van der Waals surface area contributed by atoms with Crippen LogP contribution in [0.25, 0.3) is 0 Å². The lowest BCUT2D eigenvalue weighted by molar-refractivity contribution is 0.103. The smallest absolute Gasteiger partial charge is 0.196 e. The fourth-order valence-corrected chi connectivity index (χ4v) is 1.48. The van der Waals surface area contributed by atoms with Gasteiger partial charge >= 0.3 is 0 Å². The van der Waals surface area contributed by atoms with Gasteiger partial charge in [-0.05, 0) is 6.07 Å². The summed E-state index contributed by atoms with van der Waals surface area (Å²) in [5, 5.41) is 0.429. The molecular weight excluding hydrogens is 245 g/mol. The predicted octanol–water partition coefficient (Wildman–Crippen LogP) is 3.39. The van der Waals surface area contributed by atoms with Crippen LogP contribution in [0.4, 0.5) is 0 Å². The Morgan fingerprint density at radius 2 is 1.81 bits per heavy atom. The molecule has 82 valence electrons. The minimum absolute atomic E-state index is 0. The van der Waals surface area contributed by atoms with Gasteiger partial charge in [-0.2, -0.15) is 0 Å². The van der Waals surface area contributed by atoms with Crippen LogP contribution in [0.2, 0.25) is 5.02 Å². The molecule has 0 atom stereocenters. The van der Waals surface area contributed by atoms with Crippen molar-refractivity contribution in [3.63, 3.8) is 0 Å². The molecule has 0 amide bonds. The van der Waals surface area contributed by atoms with E-state index in [0.29, 0.717) is 16.1 Å². The van der Waals surface area contributed by atoms with Crippen LogP contribution in [0.5, 0.6) is 0 Å². The number of carbonyl (C=O) groups is 1. The third-order valence-electron chi connectivity index (χ3n) is 2.05. The zero-order chi connectivity index (χ0) is 10.7. The molecule has 2 nitrogen and oxygen atoms in total. The summed E-state index contributed by atoms with van der Waals surface area (Å²) < 4.78 is 0. The third kappa shape index (κ3) is 2.60. The molecule has 0 fully saturated rings. The van der Waals surface area contributed by atoms with Gasteiger partial charge in [0.1, 0.15) is 0 Å². The summed E-state index contributed by atoms with van der Waals surface area (Å²) in [5.41, 5.74) is 1.05. The van der Waals surface area contributed by atoms with E-state index in [4.69, 9.17) is 11.6 Å². The maximum Gasteiger partial charge on any atom is 0.196 e. The molecule has 0 aliphatic rings. The second-order valence-corrected chi connectivity index (χ2v) is 3.46. The molecule has 0 aliphatic heterocycles. The molecule has 1 aromatic heterocycles. The van der Waals surface area contributed by atoms with Crippen molar-refractivity contribution in [2.45, 2.75) is 0 Å². The van der Waals surface area contributed by atoms with Crippen molar-refractivity contribution in [3.05, 3.63) is 64.9 Å². The van der Waals surface area contributed by atoms with E-state index in [1.807, 2.05) is 18.2 Å². The molecular formula is C12H9Cl2NO. The molecule has 0 N–H and O–H groups in total. The van der Waals surface area contributed by atoms with Crippen LogP contribution in [0.3, 0.4) is 0 Å². The molecule has 2 rings (SSSR count). The molecule has 0 saturated carbocycles. The maximum absolute atomic E-state index is 11.9. The molecule has 16 heavy (non-hydrogen) atoms. The van der Waals surface area contributed by atoms with Crippen LogP contribution in [0.1, 0.15) is 15.9 Å². The predicted molar refractivity (Wildman–Crippen MR) is 66.4 cm³/mol. The van der Waals surface area contributed by atoms with Crippen molar-refractivity contribution in [1.29, 1.82) is 0 Å². The Morgan fingerprint density at radius 1 is 1.12 bits per heavy atom. The lowest BCUT2D eigenvalue weighted by atomic mass is 10.1. The fraction of sp³-hybridized carbons (Fsp3) is 0. The van der Waals surface area contributed by atoms with Crippen LogP contribution < -0.4 is 0 Å². The number of pyridine rings is 1. The molecule has 0 bridgehead atoms. The highest BCUT2D eigenvalue weighted by Crippen LogP contribution is 2.17. The van der Waals surface area contributed by atoms with Gasteiger partial charge in [0.05, 0.1) is 10.6 Å². The minimum Gasteiger partial charge on any atom is -0.288 e. The minimum atomic E-state index is -0.103. The Labute approximate surface area is 105 Å². The van der Waals surface area contributed by atoms with Crippen molar-refractivity contribution in [2.24, 2.45) is 0 Å². The van der Waals surface area contributed by atoms with Crippen LogP contribution in [-0.2, 0) is 0 Å². The molecule has 0 saturated heterocycles. The summed E-state index contributed by atoms with van der Waals surface area (Å²) in [6, 6.07) is 10.6. The fourth-order valence-electron chi connectivity index (χ4n) is 1.29. The quantitative estimate of drug-likeness (QED) is 0.769. The molecule has 0 radical (unpaired) electrons. The van der Waals surface area contributed by atoms with E-state index < -0.39 is 0 Å². The van der Waals surface area contributed by atoms with E-state index >= 15 is 0 Å². The van der Waals surface area contributed by atoms with E-state index in [1.165, 1.54) is 6.20 Å². The number of benzene rings is 1. The van der Waals surface area contributed by atoms with Gasteiger partial charge in [-0.3, -0.25) is 9.78 Å². The summed E-state index contributed by atoms with van der Waals surface area (Å²) in [4.78, 5) is 15.8. The van der Waals surface area contributed by atoms with Gasteiger partial charge in [0.25, 0.3) is 0 Å². The first kappa shape index (κ1) is 12.7. The molecule has 0 aliphatic carbocycles. The molecule has 2 aromatic rings. The number of rotatable bonds is 2.